The molecule has 7 aromatic rings. The minimum Gasteiger partial charge on any atom is -0.467 e. The van der Waals surface area contributed by atoms with Gasteiger partial charge in [0.05, 0.1) is 16.6 Å². The fraction of sp³-hybridized carbons (Fsp3) is 0.216. The van der Waals surface area contributed by atoms with Crippen molar-refractivity contribution in [3.8, 4) is 18.0 Å². The standard InChI is InChI=1S/2C17H15N3O2.C9H7ClN2.C8H9NO2/c18-14-12-9-10-5-4-8-13(10)20-17(12)22-15(14)16(21)19-11-6-2-1-3-7-11;18-10-13-9-12-5-4-8-15(12)20-17(13)22-11-16(21)19-14-6-2-1-3-7-14;10-9-7(5-11)4-6-2-1-3-8(6)12-9;10-6-8(11)9-7-4-2-1-3-5-7/h1-3,6-7,9H,4-5,8,18H2,(H,19,21);1-3,6-7,9H,4-5,8,11H2,(H,19,21);4H,1-3H2;1-5,10H,6H2,(H,9,11). The number of nitriles is 2. The number of aliphatic hydroxyl groups is 1. The van der Waals surface area contributed by atoms with E-state index >= 15 is 0 Å². The SMILES string of the molecule is N#Cc1cc2c(nc1Cl)CCC2.N#Cc1cc2c(nc1OCC(=O)Nc1ccccc1)CCC2.Nc1c(C(=O)Nc2ccccc2)oc2nc3c(cc12)CCC3.O=C(CO)Nc1ccccc1. The first-order chi connectivity index (χ1) is 32.6. The van der Waals surface area contributed by atoms with Crippen molar-refractivity contribution in [1.29, 1.82) is 10.5 Å². The van der Waals surface area contributed by atoms with Gasteiger partial charge in [-0.15, -0.1) is 0 Å². The van der Waals surface area contributed by atoms with E-state index in [9.17, 15) is 19.6 Å². The van der Waals surface area contributed by atoms with E-state index in [0.29, 0.717) is 44.7 Å². The lowest BCUT2D eigenvalue weighted by Crippen LogP contribution is -2.21. The predicted octanol–water partition coefficient (Wildman–Crippen LogP) is 8.32. The van der Waals surface area contributed by atoms with Crippen LogP contribution < -0.4 is 26.4 Å². The zero-order valence-electron chi connectivity index (χ0n) is 36.4. The molecule has 15 nitrogen and oxygen atoms in total. The molecular weight excluding hydrogens is 870 g/mol. The van der Waals surface area contributed by atoms with Crippen LogP contribution in [0.15, 0.2) is 114 Å². The van der Waals surface area contributed by atoms with Gasteiger partial charge in [-0.25, -0.2) is 15.0 Å². The zero-order chi connectivity index (χ0) is 47.1. The van der Waals surface area contributed by atoms with Gasteiger partial charge in [0.1, 0.15) is 29.5 Å². The molecule has 0 saturated heterocycles. The van der Waals surface area contributed by atoms with Crippen LogP contribution in [-0.4, -0.2) is 51.0 Å². The molecule has 0 bridgehead atoms. The van der Waals surface area contributed by atoms with Gasteiger partial charge in [-0.1, -0.05) is 66.2 Å². The number of halogens is 1. The van der Waals surface area contributed by atoms with E-state index in [-0.39, 0.29) is 30.1 Å². The van der Waals surface area contributed by atoms with Crippen LogP contribution in [0.2, 0.25) is 5.15 Å². The Hall–Kier alpha value is -8.11. The molecule has 3 amide bonds. The Bertz CT molecular complexity index is 2970. The Morgan fingerprint density at radius 3 is 1.67 bits per heavy atom. The summed E-state index contributed by atoms with van der Waals surface area (Å²) >= 11 is 5.77. The van der Waals surface area contributed by atoms with Crippen molar-refractivity contribution in [3.63, 3.8) is 0 Å². The van der Waals surface area contributed by atoms with Crippen LogP contribution >= 0.6 is 11.6 Å². The van der Waals surface area contributed by atoms with Crippen LogP contribution in [0.3, 0.4) is 0 Å². The lowest BCUT2D eigenvalue weighted by atomic mass is 10.1. The number of rotatable bonds is 8. The summed E-state index contributed by atoms with van der Waals surface area (Å²) in [5.74, 6) is -0.670. The molecule has 0 fully saturated rings. The zero-order valence-corrected chi connectivity index (χ0v) is 37.1. The Morgan fingerprint density at radius 1 is 0.657 bits per heavy atom. The molecule has 338 valence electrons. The quantitative estimate of drug-likeness (QED) is 0.0904. The van der Waals surface area contributed by atoms with Gasteiger partial charge in [0.2, 0.25) is 23.3 Å². The molecule has 4 aromatic heterocycles. The maximum Gasteiger partial charge on any atom is 0.293 e. The van der Waals surface area contributed by atoms with Gasteiger partial charge in [0.15, 0.2) is 6.61 Å². The number of fused-ring (bicyclic) bond motifs is 4. The summed E-state index contributed by atoms with van der Waals surface area (Å²) < 4.78 is 11.1. The molecule has 16 heteroatoms. The number of ether oxygens (including phenoxy) is 1. The normalized spacial score (nSPS) is 12.4. The number of para-hydroxylation sites is 3. The van der Waals surface area contributed by atoms with Crippen molar-refractivity contribution in [3.05, 3.63) is 165 Å². The number of carbonyl (C=O) groups is 3. The summed E-state index contributed by atoms with van der Waals surface area (Å²) in [6, 6.07) is 37.1. The Balaban J connectivity index is 0.000000139. The second kappa shape index (κ2) is 22.7. The highest BCUT2D eigenvalue weighted by atomic mass is 35.5. The number of anilines is 4. The molecule has 0 unspecified atom stereocenters. The summed E-state index contributed by atoms with van der Waals surface area (Å²) in [6.07, 6.45) is 9.13. The van der Waals surface area contributed by atoms with Gasteiger partial charge >= 0.3 is 0 Å². The lowest BCUT2D eigenvalue weighted by molar-refractivity contribution is -0.119. The van der Waals surface area contributed by atoms with Gasteiger partial charge in [0.25, 0.3) is 11.8 Å². The highest BCUT2D eigenvalue weighted by Gasteiger charge is 2.23. The fourth-order valence-corrected chi connectivity index (χ4v) is 7.82. The molecule has 0 radical (unpaired) electrons. The number of benzene rings is 3. The molecule has 4 heterocycles. The average molecular weight is 916 g/mol. The van der Waals surface area contributed by atoms with Crippen molar-refractivity contribution >= 4 is 63.2 Å². The summed E-state index contributed by atoms with van der Waals surface area (Å²) in [6.45, 7) is -0.649. The van der Waals surface area contributed by atoms with E-state index in [1.54, 1.807) is 24.3 Å². The number of pyridine rings is 3. The van der Waals surface area contributed by atoms with Crippen molar-refractivity contribution in [2.75, 3.05) is 34.9 Å². The summed E-state index contributed by atoms with van der Waals surface area (Å²) in [5.41, 5.74) is 16.5. The van der Waals surface area contributed by atoms with Crippen LogP contribution in [0.1, 0.15) is 74.7 Å². The van der Waals surface area contributed by atoms with Gasteiger partial charge in [-0.3, -0.25) is 14.4 Å². The third-order valence-electron chi connectivity index (χ3n) is 10.8. The first kappa shape index (κ1) is 46.9. The average Bonchev–Trinajstić information content (AvgIpc) is 4.18. The number of hydrogen-bond donors (Lipinski definition) is 5. The van der Waals surface area contributed by atoms with Gasteiger partial charge in [0, 0.05) is 34.1 Å². The van der Waals surface area contributed by atoms with Crippen molar-refractivity contribution in [2.24, 2.45) is 0 Å². The lowest BCUT2D eigenvalue weighted by Gasteiger charge is -2.09. The maximum atomic E-state index is 12.3. The smallest absolute Gasteiger partial charge is 0.293 e. The molecule has 0 spiro atoms. The molecule has 10 rings (SSSR count). The van der Waals surface area contributed by atoms with Crippen LogP contribution in [-0.2, 0) is 48.1 Å². The van der Waals surface area contributed by atoms with Gasteiger partial charge < -0.3 is 35.9 Å². The van der Waals surface area contributed by atoms with E-state index in [2.05, 4.69) is 37.0 Å². The number of aliphatic hydroxyl groups excluding tert-OH is 1. The number of nitrogens with zero attached hydrogens (tertiary/aromatic N) is 5. The van der Waals surface area contributed by atoms with Gasteiger partial charge in [-0.05, 0) is 129 Å². The number of aromatic nitrogens is 3. The second-order valence-electron chi connectivity index (χ2n) is 15.6. The molecule has 3 aliphatic rings. The Labute approximate surface area is 391 Å². The largest absolute Gasteiger partial charge is 0.467 e. The monoisotopic (exact) mass is 915 g/mol. The highest BCUT2D eigenvalue weighted by Crippen LogP contribution is 2.32. The topological polar surface area (TPSA) is 242 Å². The van der Waals surface area contributed by atoms with Crippen molar-refractivity contribution in [1.82, 2.24) is 15.0 Å². The number of carbonyl (C=O) groups excluding carboxylic acids is 3. The summed E-state index contributed by atoms with van der Waals surface area (Å²) in [4.78, 5) is 47.9. The molecule has 3 aromatic carbocycles. The summed E-state index contributed by atoms with van der Waals surface area (Å²) in [7, 11) is 0. The molecule has 0 aliphatic heterocycles. The van der Waals surface area contributed by atoms with E-state index in [1.165, 1.54) is 11.1 Å². The first-order valence-corrected chi connectivity index (χ1v) is 22.0. The second-order valence-corrected chi connectivity index (χ2v) is 15.9. The maximum absolute atomic E-state index is 12.3. The van der Waals surface area contributed by atoms with E-state index < -0.39 is 12.5 Å². The number of nitrogens with two attached hydrogens (primary N) is 1. The minimum atomic E-state index is -0.477. The number of amides is 3. The van der Waals surface area contributed by atoms with E-state index in [4.69, 9.17) is 36.9 Å². The number of nitrogens with one attached hydrogen (secondary N) is 3. The molecule has 3 aliphatic carbocycles. The van der Waals surface area contributed by atoms with E-state index in [0.717, 1.165) is 85.8 Å². The third kappa shape index (κ3) is 12.4. The third-order valence-corrected chi connectivity index (χ3v) is 11.1. The minimum absolute atomic E-state index is 0.120. The number of aryl methyl sites for hydroxylation is 6. The fourth-order valence-electron chi connectivity index (χ4n) is 7.62. The van der Waals surface area contributed by atoms with Crippen molar-refractivity contribution < 1.29 is 28.6 Å². The summed E-state index contributed by atoms with van der Waals surface area (Å²) in [5, 5.41) is 35.3. The van der Waals surface area contributed by atoms with Gasteiger partial charge in [-0.2, -0.15) is 10.5 Å². The Morgan fingerprint density at radius 2 is 1.13 bits per heavy atom. The molecule has 0 atom stereocenters. The first-order valence-electron chi connectivity index (χ1n) is 21.6. The van der Waals surface area contributed by atoms with Crippen LogP contribution in [0.4, 0.5) is 22.7 Å². The number of furan rings is 1. The van der Waals surface area contributed by atoms with Crippen LogP contribution in [0.25, 0.3) is 11.1 Å². The molecule has 67 heavy (non-hydrogen) atoms. The highest BCUT2D eigenvalue weighted by molar-refractivity contribution is 6.30. The predicted molar refractivity (Wildman–Crippen MR) is 255 cm³/mol. The van der Waals surface area contributed by atoms with E-state index in [1.807, 2.05) is 91.0 Å². The molecule has 6 N–H and O–H groups in total. The molecule has 0 saturated carbocycles. The number of hydrogen-bond acceptors (Lipinski definition) is 12. The van der Waals surface area contributed by atoms with Crippen LogP contribution in [0, 0.1) is 22.7 Å². The molecular formula is C51H46ClN9O6. The van der Waals surface area contributed by atoms with Crippen molar-refractivity contribution in [2.45, 2.75) is 57.8 Å². The van der Waals surface area contributed by atoms with Crippen LogP contribution in [0.5, 0.6) is 5.88 Å². The number of nitrogen functional groups attached to an aromatic ring is 1. The Kier molecular flexibility index (Phi) is 15.9.